The first-order chi connectivity index (χ1) is 16.5. The summed E-state index contributed by atoms with van der Waals surface area (Å²) in [5.74, 6) is -0.620. The lowest BCUT2D eigenvalue weighted by Crippen LogP contribution is -2.37. The fourth-order valence-electron chi connectivity index (χ4n) is 3.71. The maximum Gasteiger partial charge on any atom is 0.413 e. The molecule has 0 spiro atoms. The van der Waals surface area contributed by atoms with E-state index in [1.54, 1.807) is 41.2 Å². The number of halogens is 1. The van der Waals surface area contributed by atoms with Gasteiger partial charge in [0.25, 0.3) is 0 Å². The average molecular weight is 464 g/mol. The van der Waals surface area contributed by atoms with Gasteiger partial charge in [0.15, 0.2) is 23.1 Å². The van der Waals surface area contributed by atoms with Crippen molar-refractivity contribution in [3.8, 4) is 17.3 Å². The van der Waals surface area contributed by atoms with Crippen LogP contribution in [0.5, 0.6) is 5.75 Å². The maximum atomic E-state index is 14.2. The molecule has 11 nitrogen and oxygen atoms in total. The highest BCUT2D eigenvalue weighted by Gasteiger charge is 2.23. The number of rotatable bonds is 5. The van der Waals surface area contributed by atoms with E-state index in [9.17, 15) is 9.18 Å². The molecule has 0 radical (unpaired) electrons. The molecule has 1 fully saturated rings. The Morgan fingerprint density at radius 3 is 2.74 bits per heavy atom. The second kappa shape index (κ2) is 8.90. The summed E-state index contributed by atoms with van der Waals surface area (Å²) >= 11 is 0. The molecule has 0 aliphatic carbocycles. The van der Waals surface area contributed by atoms with Crippen molar-refractivity contribution in [3.63, 3.8) is 0 Å². The van der Waals surface area contributed by atoms with E-state index in [-0.39, 0.29) is 41.6 Å². The van der Waals surface area contributed by atoms with Crippen molar-refractivity contribution >= 4 is 28.8 Å². The predicted molar refractivity (Wildman–Crippen MR) is 121 cm³/mol. The highest BCUT2D eigenvalue weighted by Crippen LogP contribution is 2.31. The molecule has 5 rings (SSSR count). The fourth-order valence-corrected chi connectivity index (χ4v) is 3.71. The van der Waals surface area contributed by atoms with Crippen LogP contribution in [-0.4, -0.2) is 50.1 Å². The SMILES string of the molecule is Nc1nc(-c2nn(Cc3ccccc3F)c3ncccc23)nc(N)c1OC(=O)N[C@@H]1CCOC1. The van der Waals surface area contributed by atoms with Gasteiger partial charge >= 0.3 is 6.09 Å². The van der Waals surface area contributed by atoms with Crippen LogP contribution in [0, 0.1) is 5.82 Å². The number of nitrogens with one attached hydrogen (secondary N) is 1. The highest BCUT2D eigenvalue weighted by molar-refractivity contribution is 5.90. The van der Waals surface area contributed by atoms with Crippen LogP contribution in [-0.2, 0) is 11.3 Å². The smallest absolute Gasteiger partial charge is 0.402 e. The summed E-state index contributed by atoms with van der Waals surface area (Å²) in [7, 11) is 0. The molecule has 174 valence electrons. The first-order valence-electron chi connectivity index (χ1n) is 10.5. The van der Waals surface area contributed by atoms with E-state index in [1.807, 2.05) is 0 Å². The zero-order valence-electron chi connectivity index (χ0n) is 17.9. The van der Waals surface area contributed by atoms with Gasteiger partial charge in [-0.3, -0.25) is 0 Å². The minimum atomic E-state index is -0.728. The minimum absolute atomic E-state index is 0.122. The van der Waals surface area contributed by atoms with Crippen LogP contribution in [0.2, 0.25) is 0 Å². The Hall–Kier alpha value is -4.32. The maximum absolute atomic E-state index is 14.2. The number of hydrogen-bond acceptors (Lipinski definition) is 9. The molecule has 5 N–H and O–H groups in total. The van der Waals surface area contributed by atoms with Crippen molar-refractivity contribution in [1.82, 2.24) is 30.0 Å². The Labute approximate surface area is 192 Å². The van der Waals surface area contributed by atoms with Gasteiger partial charge in [-0.05, 0) is 24.6 Å². The van der Waals surface area contributed by atoms with E-state index in [2.05, 4.69) is 25.4 Å². The second-order valence-electron chi connectivity index (χ2n) is 7.71. The molecule has 1 saturated heterocycles. The monoisotopic (exact) mass is 464 g/mol. The topological polar surface area (TPSA) is 156 Å². The van der Waals surface area contributed by atoms with Gasteiger partial charge in [-0.25, -0.2) is 28.8 Å². The van der Waals surface area contributed by atoms with Gasteiger partial charge in [-0.15, -0.1) is 0 Å². The molecular formula is C22H21FN8O3. The lowest BCUT2D eigenvalue weighted by molar-refractivity contribution is 0.178. The first kappa shape index (κ1) is 21.5. The van der Waals surface area contributed by atoms with Crippen LogP contribution in [0.3, 0.4) is 0 Å². The third kappa shape index (κ3) is 4.18. The summed E-state index contributed by atoms with van der Waals surface area (Å²) in [6, 6.07) is 9.81. The minimum Gasteiger partial charge on any atom is -0.402 e. The summed E-state index contributed by atoms with van der Waals surface area (Å²) < 4.78 is 26.2. The Balaban J connectivity index is 1.46. The molecule has 1 amide bonds. The van der Waals surface area contributed by atoms with Crippen LogP contribution in [0.1, 0.15) is 12.0 Å². The van der Waals surface area contributed by atoms with Gasteiger partial charge in [0.05, 0.1) is 24.6 Å². The van der Waals surface area contributed by atoms with Crippen molar-refractivity contribution in [2.24, 2.45) is 0 Å². The number of pyridine rings is 1. The number of benzene rings is 1. The van der Waals surface area contributed by atoms with E-state index in [0.717, 1.165) is 0 Å². The van der Waals surface area contributed by atoms with Gasteiger partial charge in [-0.2, -0.15) is 5.10 Å². The summed E-state index contributed by atoms with van der Waals surface area (Å²) in [5, 5.41) is 7.86. The highest BCUT2D eigenvalue weighted by atomic mass is 19.1. The molecular weight excluding hydrogens is 443 g/mol. The van der Waals surface area contributed by atoms with E-state index in [4.69, 9.17) is 20.9 Å². The normalized spacial score (nSPS) is 15.5. The first-order valence-corrected chi connectivity index (χ1v) is 10.5. The Morgan fingerprint density at radius 2 is 2.00 bits per heavy atom. The van der Waals surface area contributed by atoms with Crippen LogP contribution >= 0.6 is 0 Å². The molecule has 1 aliphatic heterocycles. The molecule has 12 heteroatoms. The molecule has 0 unspecified atom stereocenters. The van der Waals surface area contributed by atoms with Crippen LogP contribution in [0.25, 0.3) is 22.6 Å². The molecule has 0 saturated carbocycles. The van der Waals surface area contributed by atoms with Crippen LogP contribution < -0.4 is 21.5 Å². The van der Waals surface area contributed by atoms with E-state index in [0.29, 0.717) is 41.9 Å². The molecule has 1 aliphatic rings. The van der Waals surface area contributed by atoms with Crippen molar-refractivity contribution < 1.29 is 18.7 Å². The summed E-state index contributed by atoms with van der Waals surface area (Å²) in [5.41, 5.74) is 13.4. The van der Waals surface area contributed by atoms with Crippen molar-refractivity contribution in [2.75, 3.05) is 24.7 Å². The molecule has 34 heavy (non-hydrogen) atoms. The van der Waals surface area contributed by atoms with Gasteiger partial charge in [-0.1, -0.05) is 18.2 Å². The van der Waals surface area contributed by atoms with Crippen LogP contribution in [0.15, 0.2) is 42.6 Å². The Bertz CT molecular complexity index is 1350. The number of amides is 1. The Morgan fingerprint density at radius 1 is 1.21 bits per heavy atom. The molecule has 4 aromatic rings. The number of fused-ring (bicyclic) bond motifs is 1. The second-order valence-corrected chi connectivity index (χ2v) is 7.71. The largest absolute Gasteiger partial charge is 0.413 e. The fraction of sp³-hybridized carbons (Fsp3) is 0.227. The third-order valence-corrected chi connectivity index (χ3v) is 5.36. The number of carbonyl (C=O) groups is 1. The van der Waals surface area contributed by atoms with Gasteiger partial charge in [0, 0.05) is 18.4 Å². The van der Waals surface area contributed by atoms with Crippen molar-refractivity contribution in [3.05, 3.63) is 54.0 Å². The Kier molecular flexibility index (Phi) is 5.64. The summed E-state index contributed by atoms with van der Waals surface area (Å²) in [6.45, 7) is 1.13. The van der Waals surface area contributed by atoms with E-state index >= 15 is 0 Å². The molecule has 1 atom stereocenters. The zero-order valence-corrected chi connectivity index (χ0v) is 17.9. The number of ether oxygens (including phenoxy) is 2. The third-order valence-electron chi connectivity index (χ3n) is 5.36. The number of aromatic nitrogens is 5. The number of nitrogen functional groups attached to an aromatic ring is 2. The lowest BCUT2D eigenvalue weighted by atomic mass is 10.2. The van der Waals surface area contributed by atoms with Crippen LogP contribution in [0.4, 0.5) is 20.8 Å². The van der Waals surface area contributed by atoms with E-state index in [1.165, 1.54) is 6.07 Å². The molecule has 1 aromatic carbocycles. The van der Waals surface area contributed by atoms with Gasteiger partial charge < -0.3 is 26.3 Å². The van der Waals surface area contributed by atoms with Crippen molar-refractivity contribution in [2.45, 2.75) is 19.0 Å². The molecule has 3 aromatic heterocycles. The average Bonchev–Trinajstić information content (AvgIpc) is 3.46. The van der Waals surface area contributed by atoms with Gasteiger partial charge in [0.1, 0.15) is 11.5 Å². The molecule has 0 bridgehead atoms. The lowest BCUT2D eigenvalue weighted by Gasteiger charge is -2.13. The number of anilines is 2. The van der Waals surface area contributed by atoms with E-state index < -0.39 is 6.09 Å². The number of carbonyl (C=O) groups excluding carboxylic acids is 1. The zero-order chi connectivity index (χ0) is 23.7. The quantitative estimate of drug-likeness (QED) is 0.402. The molecule has 4 heterocycles. The van der Waals surface area contributed by atoms with Crippen molar-refractivity contribution in [1.29, 1.82) is 0 Å². The summed E-state index contributed by atoms with van der Waals surface area (Å²) in [4.78, 5) is 25.1. The summed E-state index contributed by atoms with van der Waals surface area (Å²) in [6.07, 6.45) is 1.57. The standard InChI is InChI=1S/C22H21FN8O3/c23-15-6-2-1-4-12(15)10-31-21-14(5-3-8-26-21)16(30-31)20-28-18(24)17(19(25)29-20)34-22(32)27-13-7-9-33-11-13/h1-6,8,13H,7,9-11H2,(H,27,32)(H4,24,25,28,29)/t13-/m1/s1. The predicted octanol–water partition coefficient (Wildman–Crippen LogP) is 2.12. The number of hydrogen-bond donors (Lipinski definition) is 3. The number of nitrogens with two attached hydrogens (primary N) is 2. The number of nitrogens with zero attached hydrogens (tertiary/aromatic N) is 5. The van der Waals surface area contributed by atoms with Gasteiger partial charge in [0.2, 0.25) is 5.75 Å².